The highest BCUT2D eigenvalue weighted by Gasteiger charge is 2.10. The SMILES string of the molecule is CCN(CC)C(=O)CSc1ccc([C@H](C)O)cn1. The summed E-state index contributed by atoms with van der Waals surface area (Å²) in [6.07, 6.45) is 1.14. The zero-order valence-corrected chi connectivity index (χ0v) is 11.9. The monoisotopic (exact) mass is 268 g/mol. The minimum atomic E-state index is -0.506. The van der Waals surface area contributed by atoms with Crippen molar-refractivity contribution in [3.63, 3.8) is 0 Å². The van der Waals surface area contributed by atoms with Gasteiger partial charge in [-0.3, -0.25) is 4.79 Å². The van der Waals surface area contributed by atoms with Crippen molar-refractivity contribution in [2.24, 2.45) is 0 Å². The normalized spacial score (nSPS) is 12.2. The molecule has 1 amide bonds. The first kappa shape index (κ1) is 15.0. The van der Waals surface area contributed by atoms with Crippen LogP contribution in [0.3, 0.4) is 0 Å². The summed E-state index contributed by atoms with van der Waals surface area (Å²) in [5.74, 6) is 0.536. The van der Waals surface area contributed by atoms with Gasteiger partial charge in [0.25, 0.3) is 0 Å². The van der Waals surface area contributed by atoms with Crippen LogP contribution in [0.25, 0.3) is 0 Å². The molecule has 1 N–H and O–H groups in total. The molecule has 0 aliphatic rings. The number of nitrogens with zero attached hydrogens (tertiary/aromatic N) is 2. The number of aliphatic hydroxyl groups excluding tert-OH is 1. The van der Waals surface area contributed by atoms with Crippen LogP contribution in [0, 0.1) is 0 Å². The summed E-state index contributed by atoms with van der Waals surface area (Å²) in [7, 11) is 0. The van der Waals surface area contributed by atoms with Crippen LogP contribution in [0.2, 0.25) is 0 Å². The molecule has 0 saturated carbocycles. The number of carbonyl (C=O) groups is 1. The highest BCUT2D eigenvalue weighted by molar-refractivity contribution is 7.99. The van der Waals surface area contributed by atoms with Gasteiger partial charge in [0.05, 0.1) is 16.9 Å². The molecule has 1 rings (SSSR count). The smallest absolute Gasteiger partial charge is 0.232 e. The van der Waals surface area contributed by atoms with E-state index in [4.69, 9.17) is 0 Å². The lowest BCUT2D eigenvalue weighted by Crippen LogP contribution is -2.31. The van der Waals surface area contributed by atoms with Gasteiger partial charge in [-0.25, -0.2) is 4.98 Å². The Hall–Kier alpha value is -1.07. The Kier molecular flexibility index (Phi) is 6.15. The first-order chi connectivity index (χ1) is 8.58. The molecule has 0 aromatic carbocycles. The molecule has 0 spiro atoms. The lowest BCUT2D eigenvalue weighted by molar-refractivity contribution is -0.127. The van der Waals surface area contributed by atoms with Crippen LogP contribution in [0.1, 0.15) is 32.4 Å². The predicted octanol–water partition coefficient (Wildman–Crippen LogP) is 2.10. The molecular formula is C13H20N2O2S. The van der Waals surface area contributed by atoms with Gasteiger partial charge in [-0.1, -0.05) is 17.8 Å². The largest absolute Gasteiger partial charge is 0.389 e. The van der Waals surface area contributed by atoms with Gasteiger partial charge in [-0.05, 0) is 32.4 Å². The summed E-state index contributed by atoms with van der Waals surface area (Å²) in [5, 5.41) is 10.2. The number of amides is 1. The number of thioether (sulfide) groups is 1. The molecular weight excluding hydrogens is 248 g/mol. The van der Waals surface area contributed by atoms with Gasteiger partial charge in [0.2, 0.25) is 5.91 Å². The molecule has 0 fully saturated rings. The third kappa shape index (κ3) is 4.31. The second kappa shape index (κ2) is 7.38. The lowest BCUT2D eigenvalue weighted by atomic mass is 10.2. The van der Waals surface area contributed by atoms with E-state index in [0.717, 1.165) is 23.7 Å². The molecule has 0 unspecified atom stereocenters. The second-order valence-electron chi connectivity index (χ2n) is 3.96. The Morgan fingerprint density at radius 3 is 2.56 bits per heavy atom. The Morgan fingerprint density at radius 1 is 1.44 bits per heavy atom. The van der Waals surface area contributed by atoms with Gasteiger partial charge >= 0.3 is 0 Å². The van der Waals surface area contributed by atoms with E-state index in [1.807, 2.05) is 26.0 Å². The summed E-state index contributed by atoms with van der Waals surface area (Å²) in [6, 6.07) is 3.67. The van der Waals surface area contributed by atoms with Crippen molar-refractivity contribution in [1.82, 2.24) is 9.88 Å². The van der Waals surface area contributed by atoms with Gasteiger partial charge in [0.15, 0.2) is 0 Å². The minimum absolute atomic E-state index is 0.131. The predicted molar refractivity (Wildman–Crippen MR) is 73.5 cm³/mol. The highest BCUT2D eigenvalue weighted by Crippen LogP contribution is 2.18. The molecule has 18 heavy (non-hydrogen) atoms. The first-order valence-corrected chi connectivity index (χ1v) is 7.11. The molecule has 5 heteroatoms. The molecule has 1 aromatic rings. The van der Waals surface area contributed by atoms with Gasteiger partial charge in [-0.2, -0.15) is 0 Å². The fraction of sp³-hybridized carbons (Fsp3) is 0.538. The lowest BCUT2D eigenvalue weighted by Gasteiger charge is -2.18. The van der Waals surface area contributed by atoms with E-state index in [2.05, 4.69) is 4.98 Å². The molecule has 100 valence electrons. The van der Waals surface area contributed by atoms with E-state index in [-0.39, 0.29) is 5.91 Å². The number of aliphatic hydroxyl groups is 1. The summed E-state index contributed by atoms with van der Waals surface area (Å²) in [5.41, 5.74) is 0.786. The van der Waals surface area contributed by atoms with Crippen molar-refractivity contribution >= 4 is 17.7 Å². The van der Waals surface area contributed by atoms with Gasteiger partial charge in [0, 0.05) is 19.3 Å². The van der Waals surface area contributed by atoms with Crippen molar-refractivity contribution in [2.75, 3.05) is 18.8 Å². The standard InChI is InChI=1S/C13H20N2O2S/c1-4-15(5-2)13(17)9-18-12-7-6-11(8-14-12)10(3)16/h6-8,10,16H,4-5,9H2,1-3H3/t10-/m0/s1. The summed E-state index contributed by atoms with van der Waals surface area (Å²) in [4.78, 5) is 17.8. The number of hydrogen-bond acceptors (Lipinski definition) is 4. The zero-order valence-electron chi connectivity index (χ0n) is 11.1. The maximum Gasteiger partial charge on any atom is 0.232 e. The minimum Gasteiger partial charge on any atom is -0.389 e. The van der Waals surface area contributed by atoms with Crippen LogP contribution >= 0.6 is 11.8 Å². The molecule has 1 aromatic heterocycles. The van der Waals surface area contributed by atoms with Crippen LogP contribution in [-0.4, -0.2) is 39.7 Å². The maximum atomic E-state index is 11.8. The Morgan fingerprint density at radius 2 is 2.11 bits per heavy atom. The van der Waals surface area contributed by atoms with Gasteiger partial charge in [-0.15, -0.1) is 0 Å². The number of aromatic nitrogens is 1. The van der Waals surface area contributed by atoms with E-state index >= 15 is 0 Å². The van der Waals surface area contributed by atoms with Crippen LogP contribution in [0.15, 0.2) is 23.4 Å². The Balaban J connectivity index is 2.51. The van der Waals surface area contributed by atoms with Crippen molar-refractivity contribution in [3.8, 4) is 0 Å². The van der Waals surface area contributed by atoms with Crippen molar-refractivity contribution < 1.29 is 9.90 Å². The van der Waals surface area contributed by atoms with Crippen molar-refractivity contribution in [3.05, 3.63) is 23.9 Å². The van der Waals surface area contributed by atoms with E-state index in [9.17, 15) is 9.90 Å². The third-order valence-electron chi connectivity index (χ3n) is 2.70. The van der Waals surface area contributed by atoms with E-state index in [0.29, 0.717) is 5.75 Å². The molecule has 0 aliphatic heterocycles. The topological polar surface area (TPSA) is 53.4 Å². The molecule has 0 saturated heterocycles. The summed E-state index contributed by atoms with van der Waals surface area (Å²) >= 11 is 1.42. The average Bonchev–Trinajstić information content (AvgIpc) is 2.38. The second-order valence-corrected chi connectivity index (χ2v) is 4.96. The number of hydrogen-bond donors (Lipinski definition) is 1. The van der Waals surface area contributed by atoms with Crippen LogP contribution in [0.4, 0.5) is 0 Å². The van der Waals surface area contributed by atoms with Gasteiger partial charge in [0.1, 0.15) is 0 Å². The third-order valence-corrected chi connectivity index (χ3v) is 3.63. The number of carbonyl (C=O) groups excluding carboxylic acids is 1. The van der Waals surface area contributed by atoms with Gasteiger partial charge < -0.3 is 10.0 Å². The van der Waals surface area contributed by atoms with Crippen LogP contribution in [0.5, 0.6) is 0 Å². The van der Waals surface area contributed by atoms with E-state index in [1.165, 1.54) is 11.8 Å². The molecule has 1 atom stereocenters. The van der Waals surface area contributed by atoms with Crippen molar-refractivity contribution in [2.45, 2.75) is 31.9 Å². The molecule has 4 nitrogen and oxygen atoms in total. The van der Waals surface area contributed by atoms with Crippen LogP contribution in [-0.2, 0) is 4.79 Å². The quantitative estimate of drug-likeness (QED) is 0.803. The maximum absolute atomic E-state index is 11.8. The number of pyridine rings is 1. The first-order valence-electron chi connectivity index (χ1n) is 6.13. The average molecular weight is 268 g/mol. The molecule has 0 bridgehead atoms. The van der Waals surface area contributed by atoms with Crippen molar-refractivity contribution in [1.29, 1.82) is 0 Å². The van der Waals surface area contributed by atoms with E-state index < -0.39 is 6.10 Å². The highest BCUT2D eigenvalue weighted by atomic mass is 32.2. The fourth-order valence-electron chi connectivity index (χ4n) is 1.53. The fourth-order valence-corrected chi connectivity index (χ4v) is 2.27. The summed E-state index contributed by atoms with van der Waals surface area (Å²) in [6.45, 7) is 7.13. The van der Waals surface area contributed by atoms with Crippen LogP contribution < -0.4 is 0 Å². The van der Waals surface area contributed by atoms with E-state index in [1.54, 1.807) is 18.0 Å². The molecule has 1 heterocycles. The molecule has 0 aliphatic carbocycles. The molecule has 0 radical (unpaired) electrons. The number of rotatable bonds is 6. The zero-order chi connectivity index (χ0) is 13.5. The Labute approximate surface area is 112 Å². The Bertz CT molecular complexity index is 375. The summed E-state index contributed by atoms with van der Waals surface area (Å²) < 4.78 is 0.